The zero-order valence-electron chi connectivity index (χ0n) is 13.8. The topological polar surface area (TPSA) is 39.2 Å². The normalized spacial score (nSPS) is 11.0. The highest BCUT2D eigenvalue weighted by molar-refractivity contribution is 9.11. The first-order valence-corrected chi connectivity index (χ1v) is 9.58. The SMILES string of the molecule is Cc1ccc2c(Br)cc(Br)c(OC(=O)c3ccc4ccccc4c3)c2n1. The van der Waals surface area contributed by atoms with Crippen LogP contribution in [0.5, 0.6) is 5.75 Å². The van der Waals surface area contributed by atoms with Crippen LogP contribution in [-0.2, 0) is 0 Å². The van der Waals surface area contributed by atoms with Crippen LogP contribution in [-0.4, -0.2) is 11.0 Å². The minimum Gasteiger partial charge on any atom is -0.419 e. The second-order valence-corrected chi connectivity index (χ2v) is 7.68. The number of fused-ring (bicyclic) bond motifs is 2. The van der Waals surface area contributed by atoms with E-state index < -0.39 is 5.97 Å². The highest BCUT2D eigenvalue weighted by atomic mass is 79.9. The maximum absolute atomic E-state index is 12.7. The van der Waals surface area contributed by atoms with Crippen molar-refractivity contribution in [3.63, 3.8) is 0 Å². The molecule has 3 aromatic carbocycles. The average Bonchev–Trinajstić information content (AvgIpc) is 2.64. The van der Waals surface area contributed by atoms with E-state index >= 15 is 0 Å². The van der Waals surface area contributed by atoms with Crippen molar-refractivity contribution in [3.05, 3.63) is 80.9 Å². The molecular formula is C21H13Br2NO2. The van der Waals surface area contributed by atoms with Gasteiger partial charge in [0, 0.05) is 15.6 Å². The molecule has 0 fully saturated rings. The first-order chi connectivity index (χ1) is 12.5. The number of hydrogen-bond donors (Lipinski definition) is 0. The molecule has 4 aromatic rings. The van der Waals surface area contributed by atoms with Gasteiger partial charge in [0.15, 0.2) is 5.75 Å². The standard InChI is InChI=1S/C21H13Br2NO2/c1-12-6-9-16-17(22)11-18(23)20(19(16)24-12)26-21(25)15-8-7-13-4-2-3-5-14(13)10-15/h2-11H,1H3. The van der Waals surface area contributed by atoms with E-state index in [9.17, 15) is 4.79 Å². The maximum Gasteiger partial charge on any atom is 0.343 e. The molecule has 0 aliphatic heterocycles. The van der Waals surface area contributed by atoms with Gasteiger partial charge in [-0.05, 0) is 64.0 Å². The molecule has 0 atom stereocenters. The number of carbonyl (C=O) groups is 1. The van der Waals surface area contributed by atoms with Gasteiger partial charge in [0.1, 0.15) is 5.52 Å². The Labute approximate surface area is 167 Å². The molecule has 0 saturated heterocycles. The molecule has 3 nitrogen and oxygen atoms in total. The van der Waals surface area contributed by atoms with E-state index in [1.165, 1.54) is 0 Å². The molecule has 0 radical (unpaired) electrons. The summed E-state index contributed by atoms with van der Waals surface area (Å²) in [5, 5.41) is 2.97. The van der Waals surface area contributed by atoms with E-state index in [0.717, 1.165) is 26.3 Å². The van der Waals surface area contributed by atoms with Gasteiger partial charge in [0.25, 0.3) is 0 Å². The zero-order valence-corrected chi connectivity index (χ0v) is 17.0. The Morgan fingerprint density at radius 1 is 0.923 bits per heavy atom. The number of rotatable bonds is 2. The van der Waals surface area contributed by atoms with E-state index in [1.807, 2.05) is 61.5 Å². The first kappa shape index (κ1) is 17.2. The summed E-state index contributed by atoms with van der Waals surface area (Å²) in [7, 11) is 0. The Balaban J connectivity index is 1.78. The van der Waals surface area contributed by atoms with Crippen molar-refractivity contribution in [1.82, 2.24) is 4.98 Å². The van der Waals surface area contributed by atoms with Crippen molar-refractivity contribution in [2.75, 3.05) is 0 Å². The van der Waals surface area contributed by atoms with E-state index in [-0.39, 0.29) is 0 Å². The molecular weight excluding hydrogens is 458 g/mol. The highest BCUT2D eigenvalue weighted by Gasteiger charge is 2.17. The second-order valence-electron chi connectivity index (χ2n) is 5.97. The third-order valence-electron chi connectivity index (χ3n) is 4.16. The number of nitrogens with zero attached hydrogens (tertiary/aromatic N) is 1. The number of ether oxygens (including phenoxy) is 1. The first-order valence-electron chi connectivity index (χ1n) is 7.99. The number of carbonyl (C=O) groups excluding carboxylic acids is 1. The minimum absolute atomic E-state index is 0.414. The van der Waals surface area contributed by atoms with Crippen LogP contribution in [0.4, 0.5) is 0 Å². The third kappa shape index (κ3) is 3.13. The number of aromatic nitrogens is 1. The molecule has 5 heteroatoms. The molecule has 4 rings (SSSR count). The number of esters is 1. The Morgan fingerprint density at radius 3 is 2.50 bits per heavy atom. The van der Waals surface area contributed by atoms with Crippen LogP contribution in [0.25, 0.3) is 21.7 Å². The molecule has 1 aromatic heterocycles. The van der Waals surface area contributed by atoms with Crippen molar-refractivity contribution in [3.8, 4) is 5.75 Å². The largest absolute Gasteiger partial charge is 0.419 e. The Hall–Kier alpha value is -2.24. The molecule has 0 aliphatic rings. The molecule has 0 saturated carbocycles. The Kier molecular flexibility index (Phi) is 4.51. The molecule has 128 valence electrons. The van der Waals surface area contributed by atoms with Gasteiger partial charge in [-0.2, -0.15) is 0 Å². The lowest BCUT2D eigenvalue weighted by atomic mass is 10.1. The molecule has 0 spiro atoms. The quantitative estimate of drug-likeness (QED) is 0.250. The lowest BCUT2D eigenvalue weighted by Crippen LogP contribution is -2.09. The average molecular weight is 471 g/mol. The molecule has 0 N–H and O–H groups in total. The van der Waals surface area contributed by atoms with Gasteiger partial charge in [-0.15, -0.1) is 0 Å². The van der Waals surface area contributed by atoms with Gasteiger partial charge in [0.2, 0.25) is 0 Å². The predicted molar refractivity (Wildman–Crippen MR) is 111 cm³/mol. The minimum atomic E-state index is -0.414. The summed E-state index contributed by atoms with van der Waals surface area (Å²) in [5.41, 5.74) is 1.99. The lowest BCUT2D eigenvalue weighted by molar-refractivity contribution is 0.0735. The summed E-state index contributed by atoms with van der Waals surface area (Å²) in [5.74, 6) is 0.00782. The third-order valence-corrected chi connectivity index (χ3v) is 5.40. The molecule has 0 unspecified atom stereocenters. The van der Waals surface area contributed by atoms with Crippen molar-refractivity contribution >= 4 is 59.5 Å². The van der Waals surface area contributed by atoms with Crippen LogP contribution < -0.4 is 4.74 Å². The van der Waals surface area contributed by atoms with Crippen LogP contribution in [0.15, 0.2) is 69.6 Å². The zero-order chi connectivity index (χ0) is 18.3. The van der Waals surface area contributed by atoms with E-state index in [1.54, 1.807) is 6.07 Å². The van der Waals surface area contributed by atoms with Gasteiger partial charge in [-0.3, -0.25) is 0 Å². The van der Waals surface area contributed by atoms with Gasteiger partial charge in [0.05, 0.1) is 10.0 Å². The van der Waals surface area contributed by atoms with Crippen molar-refractivity contribution < 1.29 is 9.53 Å². The van der Waals surface area contributed by atoms with Gasteiger partial charge in [-0.1, -0.05) is 46.3 Å². The molecule has 1 heterocycles. The number of pyridine rings is 1. The smallest absolute Gasteiger partial charge is 0.343 e. The van der Waals surface area contributed by atoms with E-state index in [0.29, 0.717) is 21.3 Å². The van der Waals surface area contributed by atoms with Gasteiger partial charge < -0.3 is 4.74 Å². The van der Waals surface area contributed by atoms with Crippen LogP contribution in [0.1, 0.15) is 16.1 Å². The van der Waals surface area contributed by atoms with E-state index in [2.05, 4.69) is 36.8 Å². The summed E-state index contributed by atoms with van der Waals surface area (Å²) in [4.78, 5) is 17.3. The summed E-state index contributed by atoms with van der Waals surface area (Å²) >= 11 is 7.02. The fraction of sp³-hybridized carbons (Fsp3) is 0.0476. The predicted octanol–water partition coefficient (Wildman–Crippen LogP) is 6.44. The Bertz CT molecular complexity index is 1170. The number of benzene rings is 3. The highest BCUT2D eigenvalue weighted by Crippen LogP contribution is 2.38. The van der Waals surface area contributed by atoms with Crippen LogP contribution in [0.2, 0.25) is 0 Å². The van der Waals surface area contributed by atoms with Crippen LogP contribution in [0, 0.1) is 6.92 Å². The lowest BCUT2D eigenvalue weighted by Gasteiger charge is -2.12. The second kappa shape index (κ2) is 6.82. The van der Waals surface area contributed by atoms with Crippen molar-refractivity contribution in [2.24, 2.45) is 0 Å². The van der Waals surface area contributed by atoms with Gasteiger partial charge >= 0.3 is 5.97 Å². The summed E-state index contributed by atoms with van der Waals surface area (Å²) in [6, 6.07) is 19.2. The fourth-order valence-corrected chi connectivity index (χ4v) is 4.21. The number of hydrogen-bond acceptors (Lipinski definition) is 3. The summed E-state index contributed by atoms with van der Waals surface area (Å²) < 4.78 is 7.29. The summed E-state index contributed by atoms with van der Waals surface area (Å²) in [6.07, 6.45) is 0. The van der Waals surface area contributed by atoms with E-state index in [4.69, 9.17) is 4.74 Å². The van der Waals surface area contributed by atoms with Crippen molar-refractivity contribution in [1.29, 1.82) is 0 Å². The van der Waals surface area contributed by atoms with Crippen LogP contribution in [0.3, 0.4) is 0 Å². The number of aryl methyl sites for hydroxylation is 1. The van der Waals surface area contributed by atoms with Gasteiger partial charge in [-0.25, -0.2) is 9.78 Å². The van der Waals surface area contributed by atoms with Crippen molar-refractivity contribution in [2.45, 2.75) is 6.92 Å². The Morgan fingerprint density at radius 2 is 1.69 bits per heavy atom. The number of halogens is 2. The fourth-order valence-electron chi connectivity index (χ4n) is 2.86. The molecule has 0 amide bonds. The summed E-state index contributed by atoms with van der Waals surface area (Å²) in [6.45, 7) is 1.91. The maximum atomic E-state index is 12.7. The molecule has 0 aliphatic carbocycles. The molecule has 0 bridgehead atoms. The molecule has 26 heavy (non-hydrogen) atoms. The van der Waals surface area contributed by atoms with Crippen LogP contribution >= 0.6 is 31.9 Å². The monoisotopic (exact) mass is 469 g/mol.